The van der Waals surface area contributed by atoms with E-state index in [-0.39, 0.29) is 36.1 Å². The number of rotatable bonds is 5. The summed E-state index contributed by atoms with van der Waals surface area (Å²) in [4.78, 5) is 3.36. The minimum absolute atomic E-state index is 0. The molecule has 1 heterocycles. The van der Waals surface area contributed by atoms with Gasteiger partial charge in [-0.05, 0) is 19.9 Å². The highest BCUT2D eigenvalue weighted by Crippen LogP contribution is 2.42. The number of hydrogen-bond donors (Lipinski definition) is 2. The van der Waals surface area contributed by atoms with Gasteiger partial charge in [0.2, 0.25) is 0 Å². The molecular weight excluding hydrogens is 378 g/mol. The number of halogens is 5. The van der Waals surface area contributed by atoms with Crippen LogP contribution in [0.5, 0.6) is 5.75 Å². The molecule has 0 radical (unpaired) electrons. The molecule has 4 nitrogen and oxygen atoms in total. The van der Waals surface area contributed by atoms with Gasteiger partial charge in [-0.3, -0.25) is 4.90 Å². The van der Waals surface area contributed by atoms with E-state index in [0.29, 0.717) is 26.2 Å². The largest absolute Gasteiger partial charge is 0.508 e. The summed E-state index contributed by atoms with van der Waals surface area (Å²) >= 11 is 0. The smallest absolute Gasteiger partial charge is 0.408 e. The van der Waals surface area contributed by atoms with Crippen molar-refractivity contribution in [3.05, 3.63) is 23.8 Å². The molecule has 1 aliphatic heterocycles. The Labute approximate surface area is 159 Å². The third-order valence-electron chi connectivity index (χ3n) is 4.26. The van der Waals surface area contributed by atoms with Crippen molar-refractivity contribution in [3.8, 4) is 5.75 Å². The minimum Gasteiger partial charge on any atom is -0.508 e. The maximum atomic E-state index is 13.6. The predicted molar refractivity (Wildman–Crippen MR) is 99.4 cm³/mol. The van der Waals surface area contributed by atoms with Crippen molar-refractivity contribution in [1.29, 1.82) is 0 Å². The SMILES string of the molecule is CCN(CC)c1ccc([C@@H](N2CCNCC2)C(F)(F)F)c(O)c1.Cl.Cl. The van der Waals surface area contributed by atoms with Crippen molar-refractivity contribution in [2.45, 2.75) is 26.1 Å². The van der Waals surface area contributed by atoms with Crippen molar-refractivity contribution in [1.82, 2.24) is 10.2 Å². The summed E-state index contributed by atoms with van der Waals surface area (Å²) in [6, 6.07) is 2.73. The molecular formula is C16H26Cl2F3N3O. The molecule has 146 valence electrons. The van der Waals surface area contributed by atoms with Crippen LogP contribution in [0.25, 0.3) is 0 Å². The lowest BCUT2D eigenvalue weighted by Gasteiger charge is -2.36. The zero-order chi connectivity index (χ0) is 17.0. The minimum atomic E-state index is -4.43. The molecule has 1 aromatic carbocycles. The van der Waals surface area contributed by atoms with Gasteiger partial charge in [0.05, 0.1) is 0 Å². The third-order valence-corrected chi connectivity index (χ3v) is 4.26. The molecule has 0 unspecified atom stereocenters. The number of benzene rings is 1. The summed E-state index contributed by atoms with van der Waals surface area (Å²) in [5.41, 5.74) is 0.660. The first-order chi connectivity index (χ1) is 10.9. The number of phenols is 1. The monoisotopic (exact) mass is 403 g/mol. The van der Waals surface area contributed by atoms with Gasteiger partial charge in [0.1, 0.15) is 11.8 Å². The zero-order valence-corrected chi connectivity index (χ0v) is 16.0. The summed E-state index contributed by atoms with van der Waals surface area (Å²) in [5, 5.41) is 13.3. The molecule has 25 heavy (non-hydrogen) atoms. The molecule has 0 amide bonds. The average molecular weight is 404 g/mol. The Balaban J connectivity index is 0.00000288. The van der Waals surface area contributed by atoms with Crippen LogP contribution in [-0.4, -0.2) is 55.5 Å². The maximum Gasteiger partial charge on any atom is 0.408 e. The number of piperazine rings is 1. The fraction of sp³-hybridized carbons (Fsp3) is 0.625. The van der Waals surface area contributed by atoms with Crippen LogP contribution >= 0.6 is 24.8 Å². The van der Waals surface area contributed by atoms with Crippen LogP contribution < -0.4 is 10.2 Å². The van der Waals surface area contributed by atoms with E-state index < -0.39 is 12.2 Å². The van der Waals surface area contributed by atoms with Gasteiger partial charge in [-0.25, -0.2) is 0 Å². The Morgan fingerprint density at radius 2 is 1.72 bits per heavy atom. The predicted octanol–water partition coefficient (Wildman–Crippen LogP) is 3.59. The van der Waals surface area contributed by atoms with Gasteiger partial charge in [-0.1, -0.05) is 6.07 Å². The van der Waals surface area contributed by atoms with Crippen LogP contribution in [-0.2, 0) is 0 Å². The molecule has 1 fully saturated rings. The summed E-state index contributed by atoms with van der Waals surface area (Å²) in [6.45, 7) is 7.05. The topological polar surface area (TPSA) is 38.7 Å². The van der Waals surface area contributed by atoms with Gasteiger partial charge in [0.15, 0.2) is 0 Å². The molecule has 0 aromatic heterocycles. The number of alkyl halides is 3. The molecule has 0 spiro atoms. The van der Waals surface area contributed by atoms with Gasteiger partial charge in [-0.15, -0.1) is 24.8 Å². The normalized spacial score (nSPS) is 16.5. The van der Waals surface area contributed by atoms with E-state index in [4.69, 9.17) is 0 Å². The number of phenolic OH excluding ortho intramolecular Hbond substituents is 1. The van der Waals surface area contributed by atoms with Crippen LogP contribution in [0.15, 0.2) is 18.2 Å². The second-order valence-corrected chi connectivity index (χ2v) is 5.65. The Bertz CT molecular complexity index is 522. The highest BCUT2D eigenvalue weighted by Gasteiger charge is 2.46. The second-order valence-electron chi connectivity index (χ2n) is 5.65. The number of nitrogens with zero attached hydrogens (tertiary/aromatic N) is 2. The summed E-state index contributed by atoms with van der Waals surface area (Å²) in [5.74, 6) is -0.296. The number of nitrogens with one attached hydrogen (secondary N) is 1. The lowest BCUT2D eigenvalue weighted by Crippen LogP contribution is -2.49. The number of aromatic hydroxyl groups is 1. The van der Waals surface area contributed by atoms with E-state index in [0.717, 1.165) is 18.8 Å². The van der Waals surface area contributed by atoms with E-state index >= 15 is 0 Å². The first kappa shape index (κ1) is 24.1. The average Bonchev–Trinajstić information content (AvgIpc) is 2.51. The van der Waals surface area contributed by atoms with E-state index in [1.54, 1.807) is 6.07 Å². The van der Waals surface area contributed by atoms with Crippen molar-refractivity contribution in [3.63, 3.8) is 0 Å². The molecule has 0 bridgehead atoms. The highest BCUT2D eigenvalue weighted by atomic mass is 35.5. The quantitative estimate of drug-likeness (QED) is 0.787. The second kappa shape index (κ2) is 10.3. The van der Waals surface area contributed by atoms with Crippen molar-refractivity contribution in [2.75, 3.05) is 44.2 Å². The summed E-state index contributed by atoms with van der Waals surface area (Å²) < 4.78 is 40.7. The maximum absolute atomic E-state index is 13.6. The van der Waals surface area contributed by atoms with Gasteiger partial charge in [0.25, 0.3) is 0 Å². The molecule has 9 heteroatoms. The van der Waals surface area contributed by atoms with Crippen LogP contribution in [0.4, 0.5) is 18.9 Å². The molecule has 1 atom stereocenters. The van der Waals surface area contributed by atoms with E-state index in [9.17, 15) is 18.3 Å². The van der Waals surface area contributed by atoms with Crippen LogP contribution in [0.1, 0.15) is 25.5 Å². The molecule has 1 aromatic rings. The molecule has 0 saturated carbocycles. The molecule has 2 N–H and O–H groups in total. The first-order valence-corrected chi connectivity index (χ1v) is 7.97. The van der Waals surface area contributed by atoms with Crippen LogP contribution in [0.2, 0.25) is 0 Å². The highest BCUT2D eigenvalue weighted by molar-refractivity contribution is 5.85. The van der Waals surface area contributed by atoms with E-state index in [1.807, 2.05) is 18.7 Å². The Kier molecular flexibility index (Phi) is 9.94. The van der Waals surface area contributed by atoms with Crippen LogP contribution in [0, 0.1) is 0 Å². The van der Waals surface area contributed by atoms with Crippen molar-refractivity contribution < 1.29 is 18.3 Å². The van der Waals surface area contributed by atoms with Crippen molar-refractivity contribution in [2.24, 2.45) is 0 Å². The van der Waals surface area contributed by atoms with Gasteiger partial charge >= 0.3 is 6.18 Å². The van der Waals surface area contributed by atoms with Crippen molar-refractivity contribution >= 4 is 30.5 Å². The molecule has 2 rings (SSSR count). The third kappa shape index (κ3) is 5.81. The van der Waals surface area contributed by atoms with Gasteiger partial charge < -0.3 is 15.3 Å². The zero-order valence-electron chi connectivity index (χ0n) is 14.3. The lowest BCUT2D eigenvalue weighted by molar-refractivity contribution is -0.188. The van der Waals surface area contributed by atoms with Gasteiger partial charge in [0, 0.05) is 56.6 Å². The Morgan fingerprint density at radius 1 is 1.16 bits per heavy atom. The van der Waals surface area contributed by atoms with Gasteiger partial charge in [-0.2, -0.15) is 13.2 Å². The van der Waals surface area contributed by atoms with E-state index in [2.05, 4.69) is 5.32 Å². The lowest BCUT2D eigenvalue weighted by atomic mass is 10.0. The first-order valence-electron chi connectivity index (χ1n) is 7.97. The number of anilines is 1. The number of hydrogen-bond acceptors (Lipinski definition) is 4. The Morgan fingerprint density at radius 3 is 2.16 bits per heavy atom. The fourth-order valence-corrected chi connectivity index (χ4v) is 3.07. The fourth-order valence-electron chi connectivity index (χ4n) is 3.07. The Hall–Kier alpha value is -0.890. The molecule has 0 aliphatic carbocycles. The summed E-state index contributed by atoms with van der Waals surface area (Å²) in [7, 11) is 0. The van der Waals surface area contributed by atoms with Crippen LogP contribution in [0.3, 0.4) is 0 Å². The standard InChI is InChI=1S/C16H24F3N3O.2ClH/c1-3-21(4-2)12-5-6-13(14(23)11-12)15(16(17,18)19)22-9-7-20-8-10-22;;/h5-6,11,15,20,23H,3-4,7-10H2,1-2H3;2*1H/t15-;;/m1../s1. The molecule has 1 saturated heterocycles. The summed E-state index contributed by atoms with van der Waals surface area (Å²) in [6.07, 6.45) is -4.43. The van der Waals surface area contributed by atoms with E-state index in [1.165, 1.54) is 17.0 Å². The molecule has 1 aliphatic rings.